The van der Waals surface area contributed by atoms with Gasteiger partial charge < -0.3 is 19.7 Å². The van der Waals surface area contributed by atoms with E-state index in [-0.39, 0.29) is 31.1 Å². The molecule has 0 saturated heterocycles. The van der Waals surface area contributed by atoms with E-state index < -0.39 is 50.6 Å². The summed E-state index contributed by atoms with van der Waals surface area (Å²) in [6.45, 7) is 2.48. The number of hydrogen-bond donors (Lipinski definition) is 2. The van der Waals surface area contributed by atoms with Crippen LogP contribution in [0.2, 0.25) is 0 Å². The van der Waals surface area contributed by atoms with Gasteiger partial charge in [-0.3, -0.25) is 19.1 Å². The topological polar surface area (TPSA) is 157 Å². The van der Waals surface area contributed by atoms with Gasteiger partial charge in [0.2, 0.25) is 27.7 Å². The maximum atomic E-state index is 14.2. The Labute approximate surface area is 292 Å². The summed E-state index contributed by atoms with van der Waals surface area (Å²) in [7, 11) is -0.471. The van der Waals surface area contributed by atoms with Gasteiger partial charge in [-0.1, -0.05) is 42.5 Å². The normalized spacial score (nSPS) is 27.8. The van der Waals surface area contributed by atoms with Crippen molar-refractivity contribution in [1.29, 1.82) is 0 Å². The van der Waals surface area contributed by atoms with E-state index in [0.717, 1.165) is 30.4 Å². The van der Waals surface area contributed by atoms with E-state index in [2.05, 4.69) is 10.0 Å². The number of methoxy groups -OCH3 is 1. The van der Waals surface area contributed by atoms with Gasteiger partial charge in [-0.15, -0.1) is 0 Å². The first-order valence-electron chi connectivity index (χ1n) is 17.4. The Bertz CT molecular complexity index is 1970. The van der Waals surface area contributed by atoms with Gasteiger partial charge in [-0.2, -0.15) is 4.98 Å². The number of amides is 3. The van der Waals surface area contributed by atoms with Crippen molar-refractivity contribution in [2.45, 2.75) is 75.2 Å². The predicted octanol–water partition coefficient (Wildman–Crippen LogP) is 4.07. The Morgan fingerprint density at radius 2 is 1.82 bits per heavy atom. The maximum Gasteiger partial charge on any atom is 0.259 e. The molecule has 2 heterocycles. The molecule has 3 aromatic rings. The van der Waals surface area contributed by atoms with E-state index in [1.807, 2.05) is 61.5 Å². The van der Waals surface area contributed by atoms with E-state index in [1.54, 1.807) is 19.1 Å². The molecule has 4 aliphatic rings. The number of nitrogens with one attached hydrogen (secondary N) is 2. The van der Waals surface area contributed by atoms with Crippen LogP contribution in [0.1, 0.15) is 56.9 Å². The zero-order valence-electron chi connectivity index (χ0n) is 28.6. The molecule has 3 saturated carbocycles. The molecule has 0 spiro atoms. The molecule has 0 radical (unpaired) electrons. The lowest BCUT2D eigenvalue weighted by molar-refractivity contribution is -0.140. The summed E-state index contributed by atoms with van der Waals surface area (Å²) in [6, 6.07) is 13.3. The molecular formula is C37H43N5O7S. The SMILES string of the molecule is COc1cc2nc(-c3ccccc3)nc(O[C@@H]3C[C@H]4C(=O)N[C@]5(C(=O)NS(=O)(=O)C6CC6)C[C@@H]5/C=C\CCCCN(C)C(=O)[C@@H]4C3)c2cc1C. The fourth-order valence-electron chi connectivity index (χ4n) is 7.31. The molecule has 0 bridgehead atoms. The van der Waals surface area contributed by atoms with E-state index in [0.29, 0.717) is 47.7 Å². The van der Waals surface area contributed by atoms with E-state index in [1.165, 1.54) is 0 Å². The number of aryl methyl sites for hydroxylation is 1. The average Bonchev–Trinajstić information content (AvgIpc) is 4.03. The Hall–Kier alpha value is -4.52. The number of rotatable bonds is 7. The number of carbonyl (C=O) groups is 3. The van der Waals surface area contributed by atoms with E-state index in [4.69, 9.17) is 19.4 Å². The number of ether oxygens (including phenoxy) is 2. The molecule has 2 aromatic carbocycles. The lowest BCUT2D eigenvalue weighted by Crippen LogP contribution is -2.54. The van der Waals surface area contributed by atoms with Gasteiger partial charge in [0.05, 0.1) is 35.1 Å². The van der Waals surface area contributed by atoms with Crippen LogP contribution in [-0.4, -0.2) is 78.6 Å². The van der Waals surface area contributed by atoms with Crippen LogP contribution < -0.4 is 19.5 Å². The minimum Gasteiger partial charge on any atom is -0.496 e. The first-order chi connectivity index (χ1) is 24.0. The maximum absolute atomic E-state index is 14.2. The molecule has 12 nitrogen and oxygen atoms in total. The molecule has 1 aliphatic heterocycles. The monoisotopic (exact) mass is 701 g/mol. The molecular weight excluding hydrogens is 659 g/mol. The largest absolute Gasteiger partial charge is 0.496 e. The van der Waals surface area contributed by atoms with Gasteiger partial charge in [0.25, 0.3) is 5.91 Å². The molecule has 264 valence electrons. The van der Waals surface area contributed by atoms with Crippen molar-refractivity contribution in [3.63, 3.8) is 0 Å². The zero-order chi connectivity index (χ0) is 35.2. The third-order valence-corrected chi connectivity index (χ3v) is 12.3. The number of hydrogen-bond acceptors (Lipinski definition) is 9. The van der Waals surface area contributed by atoms with Crippen molar-refractivity contribution in [3.8, 4) is 23.0 Å². The van der Waals surface area contributed by atoms with Crippen molar-refractivity contribution in [2.75, 3.05) is 20.7 Å². The van der Waals surface area contributed by atoms with Gasteiger partial charge in [0, 0.05) is 31.1 Å². The van der Waals surface area contributed by atoms with Crippen LogP contribution in [0.25, 0.3) is 22.3 Å². The summed E-state index contributed by atoms with van der Waals surface area (Å²) >= 11 is 0. The predicted molar refractivity (Wildman–Crippen MR) is 187 cm³/mol. The summed E-state index contributed by atoms with van der Waals surface area (Å²) in [5.74, 6) is -1.74. The van der Waals surface area contributed by atoms with Crippen LogP contribution in [0.4, 0.5) is 0 Å². The molecule has 3 fully saturated rings. The highest BCUT2D eigenvalue weighted by atomic mass is 32.2. The van der Waals surface area contributed by atoms with Crippen molar-refractivity contribution in [3.05, 3.63) is 60.2 Å². The Balaban J connectivity index is 1.21. The Kier molecular flexibility index (Phi) is 9.04. The highest BCUT2D eigenvalue weighted by molar-refractivity contribution is 7.91. The Morgan fingerprint density at radius 1 is 1.06 bits per heavy atom. The zero-order valence-corrected chi connectivity index (χ0v) is 29.4. The van der Waals surface area contributed by atoms with Gasteiger partial charge in [-0.25, -0.2) is 13.4 Å². The van der Waals surface area contributed by atoms with Gasteiger partial charge in [0.15, 0.2) is 5.82 Å². The van der Waals surface area contributed by atoms with Crippen molar-refractivity contribution >= 4 is 38.6 Å². The lowest BCUT2D eigenvalue weighted by atomic mass is 9.93. The van der Waals surface area contributed by atoms with Crippen LogP contribution in [0, 0.1) is 24.7 Å². The highest BCUT2D eigenvalue weighted by Gasteiger charge is 2.62. The third-order valence-electron chi connectivity index (χ3n) is 10.5. The van der Waals surface area contributed by atoms with Crippen LogP contribution in [0.5, 0.6) is 11.6 Å². The van der Waals surface area contributed by atoms with Crippen LogP contribution in [-0.2, 0) is 24.4 Å². The number of aromatic nitrogens is 2. The minimum absolute atomic E-state index is 0.163. The minimum atomic E-state index is -3.83. The van der Waals surface area contributed by atoms with Gasteiger partial charge in [-0.05, 0) is 69.9 Å². The quantitative estimate of drug-likeness (QED) is 0.347. The van der Waals surface area contributed by atoms with Crippen molar-refractivity contribution in [2.24, 2.45) is 17.8 Å². The number of allylic oxidation sites excluding steroid dienone is 1. The number of nitrogens with zero attached hydrogens (tertiary/aromatic N) is 3. The van der Waals surface area contributed by atoms with Crippen LogP contribution >= 0.6 is 0 Å². The summed E-state index contributed by atoms with van der Waals surface area (Å²) in [4.78, 5) is 53.1. The average molecular weight is 702 g/mol. The first kappa shape index (κ1) is 34.0. The molecule has 3 amide bonds. The number of sulfonamides is 1. The summed E-state index contributed by atoms with van der Waals surface area (Å²) in [5, 5.41) is 3.03. The molecule has 7 rings (SSSR count). The van der Waals surface area contributed by atoms with Crippen LogP contribution in [0.15, 0.2) is 54.6 Å². The highest BCUT2D eigenvalue weighted by Crippen LogP contribution is 2.47. The third kappa shape index (κ3) is 6.67. The van der Waals surface area contributed by atoms with E-state index in [9.17, 15) is 22.8 Å². The second-order valence-corrected chi connectivity index (χ2v) is 16.1. The molecule has 3 aliphatic carbocycles. The number of fused-ring (bicyclic) bond motifs is 3. The first-order valence-corrected chi connectivity index (χ1v) is 18.9. The summed E-state index contributed by atoms with van der Waals surface area (Å²) < 4.78 is 39.9. The molecule has 13 heteroatoms. The van der Waals surface area contributed by atoms with Crippen molar-refractivity contribution in [1.82, 2.24) is 24.9 Å². The number of benzene rings is 2. The van der Waals surface area contributed by atoms with Crippen molar-refractivity contribution < 1.29 is 32.3 Å². The van der Waals surface area contributed by atoms with Crippen LogP contribution in [0.3, 0.4) is 0 Å². The summed E-state index contributed by atoms with van der Waals surface area (Å²) in [6.07, 6.45) is 7.47. The summed E-state index contributed by atoms with van der Waals surface area (Å²) in [5.41, 5.74) is 0.900. The second kappa shape index (κ2) is 13.3. The smallest absolute Gasteiger partial charge is 0.259 e. The molecule has 50 heavy (non-hydrogen) atoms. The molecule has 2 N–H and O–H groups in total. The van der Waals surface area contributed by atoms with Gasteiger partial charge >= 0.3 is 0 Å². The van der Waals surface area contributed by atoms with Gasteiger partial charge in [0.1, 0.15) is 17.4 Å². The Morgan fingerprint density at radius 3 is 2.56 bits per heavy atom. The molecule has 5 atom stereocenters. The fraction of sp³-hybridized carbons (Fsp3) is 0.486. The van der Waals surface area contributed by atoms with E-state index >= 15 is 0 Å². The number of carbonyl (C=O) groups excluding carboxylic acids is 3. The molecule has 1 aromatic heterocycles. The fourth-order valence-corrected chi connectivity index (χ4v) is 8.68. The molecule has 0 unspecified atom stereocenters. The standard InChI is InChI=1S/C37H43N5O7S/c1-22-17-29-30(20-31(22)48-3)38-32(23-11-7-6-8-12-23)39-34(29)49-25-18-27-28(19-25)35(44)42(2)16-10-5-4-9-13-24-21-37(24,40-33(27)43)36(45)41-50(46,47)26-14-15-26/h6-9,11-13,17,20,24-28H,4-5,10,14-16,18-19,21H2,1-3H3,(H,40,43)(H,41,45)/b13-9-/t24-,25+,27+,28+,37+/m0/s1. The lowest BCUT2D eigenvalue weighted by Gasteiger charge is -2.26. The second-order valence-electron chi connectivity index (χ2n) is 14.1.